The van der Waals surface area contributed by atoms with E-state index < -0.39 is 5.54 Å². The topological polar surface area (TPSA) is 56.8 Å². The molecule has 0 bridgehead atoms. The summed E-state index contributed by atoms with van der Waals surface area (Å²) in [7, 11) is 1.44. The molecule has 0 amide bonds. The summed E-state index contributed by atoms with van der Waals surface area (Å²) in [5.41, 5.74) is -0.555. The van der Waals surface area contributed by atoms with Gasteiger partial charge in [0.2, 0.25) is 0 Å². The lowest BCUT2D eigenvalue weighted by Gasteiger charge is -2.45. The molecular weight excluding hydrogens is 234 g/mol. The molecule has 0 aromatic rings. The van der Waals surface area contributed by atoms with Gasteiger partial charge < -0.3 is 14.2 Å². The molecule has 1 aliphatic heterocycles. The summed E-state index contributed by atoms with van der Waals surface area (Å²) in [5.74, 6) is -0.184. The van der Waals surface area contributed by atoms with E-state index in [1.807, 2.05) is 6.92 Å². The molecule has 0 aromatic heterocycles. The summed E-state index contributed by atoms with van der Waals surface area (Å²) in [6, 6.07) is 0. The normalized spacial score (nSPS) is 35.2. The van der Waals surface area contributed by atoms with Gasteiger partial charge in [-0.05, 0) is 19.8 Å². The summed E-state index contributed by atoms with van der Waals surface area (Å²) < 4.78 is 16.0. The first-order chi connectivity index (χ1) is 8.70. The maximum absolute atomic E-state index is 11.9. The molecule has 0 spiro atoms. The number of nitrogens with one attached hydrogen (secondary N) is 1. The average Bonchev–Trinajstić information content (AvgIpc) is 2.84. The van der Waals surface area contributed by atoms with Crippen molar-refractivity contribution >= 4 is 5.97 Å². The summed E-state index contributed by atoms with van der Waals surface area (Å²) in [4.78, 5) is 11.9. The molecule has 1 atom stereocenters. The van der Waals surface area contributed by atoms with Crippen LogP contribution in [0.15, 0.2) is 0 Å². The van der Waals surface area contributed by atoms with Crippen molar-refractivity contribution in [3.63, 3.8) is 0 Å². The maximum atomic E-state index is 11.9. The van der Waals surface area contributed by atoms with Crippen LogP contribution in [0.25, 0.3) is 0 Å². The number of rotatable bonds is 6. The fourth-order valence-corrected chi connectivity index (χ4v) is 2.76. The van der Waals surface area contributed by atoms with Crippen LogP contribution in [0.1, 0.15) is 32.6 Å². The third-order valence-electron chi connectivity index (χ3n) is 3.82. The molecule has 0 radical (unpaired) electrons. The van der Waals surface area contributed by atoms with Crippen molar-refractivity contribution in [1.82, 2.24) is 5.32 Å². The second-order valence-electron chi connectivity index (χ2n) is 5.08. The number of esters is 1. The summed E-state index contributed by atoms with van der Waals surface area (Å²) in [5, 5.41) is 3.33. The highest BCUT2D eigenvalue weighted by atomic mass is 16.5. The highest BCUT2D eigenvalue weighted by molar-refractivity contribution is 5.82. The first kappa shape index (κ1) is 13.8. The Hall–Kier alpha value is -0.650. The van der Waals surface area contributed by atoms with E-state index in [0.29, 0.717) is 26.0 Å². The second-order valence-corrected chi connectivity index (χ2v) is 5.08. The van der Waals surface area contributed by atoms with Crippen LogP contribution in [0.2, 0.25) is 0 Å². The van der Waals surface area contributed by atoms with Gasteiger partial charge in [-0.1, -0.05) is 0 Å². The molecule has 1 unspecified atom stereocenters. The minimum absolute atomic E-state index is 0.172. The largest absolute Gasteiger partial charge is 0.468 e. The van der Waals surface area contributed by atoms with E-state index in [1.54, 1.807) is 0 Å². The number of hydrogen-bond donors (Lipinski definition) is 1. The molecular formula is C13H23NO4. The fraction of sp³-hybridized carbons (Fsp3) is 0.923. The van der Waals surface area contributed by atoms with Gasteiger partial charge in [0.05, 0.1) is 19.3 Å². The minimum Gasteiger partial charge on any atom is -0.468 e. The predicted molar refractivity (Wildman–Crippen MR) is 66.4 cm³/mol. The van der Waals surface area contributed by atoms with Gasteiger partial charge in [0, 0.05) is 32.6 Å². The molecule has 1 heterocycles. The Morgan fingerprint density at radius 3 is 2.83 bits per heavy atom. The van der Waals surface area contributed by atoms with Crippen molar-refractivity contribution in [2.45, 2.75) is 50.4 Å². The van der Waals surface area contributed by atoms with Crippen LogP contribution in [0, 0.1) is 0 Å². The molecule has 1 saturated heterocycles. The van der Waals surface area contributed by atoms with E-state index in [-0.39, 0.29) is 18.2 Å². The standard InChI is InChI=1S/C13H23NO4/c1-3-17-11-7-13(8-11,12(15)16-2)14-9-10-5-4-6-18-10/h10-11,14H,3-9H2,1-2H3. The fourth-order valence-electron chi connectivity index (χ4n) is 2.76. The maximum Gasteiger partial charge on any atom is 0.326 e. The SMILES string of the molecule is CCOC1CC(NCC2CCCO2)(C(=O)OC)C1. The summed E-state index contributed by atoms with van der Waals surface area (Å²) in [6.45, 7) is 4.21. The number of ether oxygens (including phenoxy) is 3. The third kappa shape index (κ3) is 2.84. The Morgan fingerprint density at radius 2 is 2.28 bits per heavy atom. The van der Waals surface area contributed by atoms with Crippen LogP contribution in [-0.4, -0.2) is 50.6 Å². The Labute approximate surface area is 108 Å². The van der Waals surface area contributed by atoms with E-state index in [0.717, 1.165) is 19.4 Å². The Bertz CT molecular complexity index is 283. The summed E-state index contributed by atoms with van der Waals surface area (Å²) >= 11 is 0. The zero-order valence-corrected chi connectivity index (χ0v) is 11.2. The average molecular weight is 257 g/mol. The van der Waals surface area contributed by atoms with E-state index in [4.69, 9.17) is 14.2 Å². The third-order valence-corrected chi connectivity index (χ3v) is 3.82. The second kappa shape index (κ2) is 5.99. The zero-order valence-electron chi connectivity index (χ0n) is 11.2. The molecule has 2 rings (SSSR count). The number of carbonyl (C=O) groups excluding carboxylic acids is 1. The molecule has 1 saturated carbocycles. The highest BCUT2D eigenvalue weighted by Gasteiger charge is 2.51. The van der Waals surface area contributed by atoms with E-state index >= 15 is 0 Å². The predicted octanol–water partition coefficient (Wildman–Crippen LogP) is 0.866. The van der Waals surface area contributed by atoms with Gasteiger partial charge in [0.25, 0.3) is 0 Å². The molecule has 104 valence electrons. The first-order valence-corrected chi connectivity index (χ1v) is 6.77. The zero-order chi connectivity index (χ0) is 13.0. The van der Waals surface area contributed by atoms with Gasteiger partial charge in [-0.2, -0.15) is 0 Å². The number of carbonyl (C=O) groups is 1. The lowest BCUT2D eigenvalue weighted by Crippen LogP contribution is -2.64. The van der Waals surface area contributed by atoms with Crippen LogP contribution in [-0.2, 0) is 19.0 Å². The van der Waals surface area contributed by atoms with Gasteiger partial charge >= 0.3 is 5.97 Å². The van der Waals surface area contributed by atoms with Crippen LogP contribution in [0.4, 0.5) is 0 Å². The molecule has 1 aliphatic carbocycles. The molecule has 18 heavy (non-hydrogen) atoms. The molecule has 1 N–H and O–H groups in total. The Balaban J connectivity index is 1.84. The van der Waals surface area contributed by atoms with Crippen molar-refractivity contribution in [3.8, 4) is 0 Å². The molecule has 5 heteroatoms. The van der Waals surface area contributed by atoms with Gasteiger partial charge in [-0.25, -0.2) is 0 Å². The van der Waals surface area contributed by atoms with Crippen LogP contribution in [0.3, 0.4) is 0 Å². The molecule has 5 nitrogen and oxygen atoms in total. The smallest absolute Gasteiger partial charge is 0.326 e. The van der Waals surface area contributed by atoms with Crippen LogP contribution < -0.4 is 5.32 Å². The number of hydrogen-bond acceptors (Lipinski definition) is 5. The van der Waals surface area contributed by atoms with Crippen molar-refractivity contribution < 1.29 is 19.0 Å². The van der Waals surface area contributed by atoms with E-state index in [9.17, 15) is 4.79 Å². The monoisotopic (exact) mass is 257 g/mol. The van der Waals surface area contributed by atoms with Gasteiger partial charge in [-0.15, -0.1) is 0 Å². The first-order valence-electron chi connectivity index (χ1n) is 6.77. The summed E-state index contributed by atoms with van der Waals surface area (Å²) in [6.07, 6.45) is 3.97. The Kier molecular flexibility index (Phi) is 4.59. The quantitative estimate of drug-likeness (QED) is 0.715. The van der Waals surface area contributed by atoms with E-state index in [2.05, 4.69) is 5.32 Å². The van der Waals surface area contributed by atoms with Crippen molar-refractivity contribution in [2.75, 3.05) is 26.9 Å². The lowest BCUT2D eigenvalue weighted by atomic mass is 9.74. The van der Waals surface area contributed by atoms with Crippen molar-refractivity contribution in [1.29, 1.82) is 0 Å². The van der Waals surface area contributed by atoms with Crippen molar-refractivity contribution in [2.24, 2.45) is 0 Å². The minimum atomic E-state index is -0.555. The van der Waals surface area contributed by atoms with Gasteiger partial charge in [0.15, 0.2) is 0 Å². The van der Waals surface area contributed by atoms with Gasteiger partial charge in [0.1, 0.15) is 5.54 Å². The van der Waals surface area contributed by atoms with Gasteiger partial charge in [-0.3, -0.25) is 10.1 Å². The van der Waals surface area contributed by atoms with Crippen molar-refractivity contribution in [3.05, 3.63) is 0 Å². The lowest BCUT2D eigenvalue weighted by molar-refractivity contribution is -0.161. The Morgan fingerprint density at radius 1 is 1.50 bits per heavy atom. The number of methoxy groups -OCH3 is 1. The molecule has 2 fully saturated rings. The van der Waals surface area contributed by atoms with Crippen LogP contribution in [0.5, 0.6) is 0 Å². The van der Waals surface area contributed by atoms with E-state index in [1.165, 1.54) is 7.11 Å². The van der Waals surface area contributed by atoms with Crippen LogP contribution >= 0.6 is 0 Å². The molecule has 0 aromatic carbocycles. The molecule has 2 aliphatic rings. The highest BCUT2D eigenvalue weighted by Crippen LogP contribution is 2.36.